The molecule has 2 aromatic rings. The highest BCUT2D eigenvalue weighted by Crippen LogP contribution is 2.52. The second kappa shape index (κ2) is 5.22. The molecule has 0 amide bonds. The van der Waals surface area contributed by atoms with E-state index in [9.17, 15) is 4.79 Å². The largest absolute Gasteiger partial charge is 0.340 e. The summed E-state index contributed by atoms with van der Waals surface area (Å²) < 4.78 is 3.50. The molecule has 128 valence electrons. The summed E-state index contributed by atoms with van der Waals surface area (Å²) in [5.41, 5.74) is 3.49. The first kappa shape index (κ1) is 14.8. The Morgan fingerprint density at radius 3 is 2.25 bits per heavy atom. The molecule has 0 atom stereocenters. The first-order valence-corrected chi connectivity index (χ1v) is 9.58. The first-order chi connectivity index (χ1) is 11.6. The summed E-state index contributed by atoms with van der Waals surface area (Å²) in [6.07, 6.45) is 7.47. The number of aryl methyl sites for hydroxylation is 2. The third-order valence-corrected chi connectivity index (χ3v) is 7.26. The van der Waals surface area contributed by atoms with E-state index in [0.717, 1.165) is 47.3 Å². The van der Waals surface area contributed by atoms with Gasteiger partial charge >= 0.3 is 5.69 Å². The van der Waals surface area contributed by atoms with Crippen LogP contribution in [-0.2, 0) is 20.6 Å². The Morgan fingerprint density at radius 1 is 0.958 bits per heavy atom. The fourth-order valence-corrected chi connectivity index (χ4v) is 6.30. The normalized spacial score (nSPS) is 34.3. The van der Waals surface area contributed by atoms with Crippen LogP contribution in [0.4, 0.5) is 0 Å². The van der Waals surface area contributed by atoms with Crippen LogP contribution < -0.4 is 11.0 Å². The average Bonchev–Trinajstić information content (AvgIpc) is 2.78. The van der Waals surface area contributed by atoms with E-state index in [-0.39, 0.29) is 5.69 Å². The molecule has 0 radical (unpaired) electrons. The molecule has 4 aliphatic carbocycles. The molecule has 4 nitrogen and oxygen atoms in total. The summed E-state index contributed by atoms with van der Waals surface area (Å²) in [6, 6.07) is 7.36. The molecule has 0 aliphatic heterocycles. The van der Waals surface area contributed by atoms with Gasteiger partial charge in [0.2, 0.25) is 0 Å². The van der Waals surface area contributed by atoms with Gasteiger partial charge in [-0.3, -0.25) is 9.13 Å². The molecule has 4 saturated carbocycles. The highest BCUT2D eigenvalue weighted by Gasteiger charge is 2.50. The van der Waals surface area contributed by atoms with Crippen molar-refractivity contribution in [3.8, 4) is 0 Å². The number of hydrogen-bond acceptors (Lipinski definition) is 1. The summed E-state index contributed by atoms with van der Waals surface area (Å²) in [5.74, 6) is 4.02. The third-order valence-electron chi connectivity index (χ3n) is 7.26. The minimum absolute atomic E-state index is 0.0622. The highest BCUT2D eigenvalue weighted by atomic mass is 16.1. The summed E-state index contributed by atoms with van der Waals surface area (Å²) in [7, 11) is 3.72. The molecule has 1 aromatic heterocycles. The third kappa shape index (κ3) is 2.12. The second-order valence-corrected chi connectivity index (χ2v) is 8.67. The van der Waals surface area contributed by atoms with E-state index in [1.807, 2.05) is 14.1 Å². The van der Waals surface area contributed by atoms with Crippen LogP contribution in [-0.4, -0.2) is 15.2 Å². The highest BCUT2D eigenvalue weighted by molar-refractivity contribution is 5.76. The number of rotatable bonds is 3. The Morgan fingerprint density at radius 2 is 1.58 bits per heavy atom. The van der Waals surface area contributed by atoms with E-state index < -0.39 is 0 Å². The number of hydrogen-bond donors (Lipinski definition) is 1. The van der Waals surface area contributed by atoms with Gasteiger partial charge in [0, 0.05) is 31.5 Å². The monoisotopic (exact) mass is 326 g/mol. The lowest BCUT2D eigenvalue weighted by atomic mass is 9.54. The molecule has 0 spiro atoms. The van der Waals surface area contributed by atoms with Crippen molar-refractivity contribution in [3.63, 3.8) is 0 Å². The quantitative estimate of drug-likeness (QED) is 0.918. The molecule has 24 heavy (non-hydrogen) atoms. The number of aromatic nitrogens is 2. The molecule has 4 aliphatic rings. The molecule has 4 fully saturated rings. The molecular weight excluding hydrogens is 298 g/mol. The maximum atomic E-state index is 12.1. The van der Waals surface area contributed by atoms with Crippen molar-refractivity contribution in [2.24, 2.45) is 37.8 Å². The maximum Gasteiger partial charge on any atom is 0.328 e. The molecule has 1 heterocycles. The standard InChI is InChI=1S/C20H27N3O/c1-22-17-4-3-12(10-18(17)23(2)20(22)24)11-21-19-15-6-13-5-14(8-15)9-16(19)7-13/h3-4,10,13-16,19,21H,5-9,11H2,1-2H3/p+1. The molecular formula is C20H28N3O+. The summed E-state index contributed by atoms with van der Waals surface area (Å²) in [4.78, 5) is 12.1. The van der Waals surface area contributed by atoms with E-state index >= 15 is 0 Å². The molecule has 1 aromatic carbocycles. The van der Waals surface area contributed by atoms with Crippen molar-refractivity contribution >= 4 is 11.0 Å². The Kier molecular flexibility index (Phi) is 3.21. The van der Waals surface area contributed by atoms with Gasteiger partial charge in [-0.15, -0.1) is 0 Å². The number of nitrogens with zero attached hydrogens (tertiary/aromatic N) is 2. The van der Waals surface area contributed by atoms with Crippen LogP contribution in [0, 0.1) is 23.7 Å². The molecule has 4 heteroatoms. The minimum atomic E-state index is 0.0622. The number of imidazole rings is 1. The van der Waals surface area contributed by atoms with Crippen LogP contribution in [0.1, 0.15) is 37.7 Å². The van der Waals surface area contributed by atoms with Crippen LogP contribution in [0.3, 0.4) is 0 Å². The van der Waals surface area contributed by atoms with Crippen molar-refractivity contribution < 1.29 is 5.32 Å². The van der Waals surface area contributed by atoms with Gasteiger partial charge < -0.3 is 5.32 Å². The SMILES string of the molecule is Cn1c(=O)n(C)c2cc(C[NH2+]C3C4CC5CC(C4)CC3C5)ccc21. The predicted octanol–water partition coefficient (Wildman–Crippen LogP) is 1.77. The van der Waals surface area contributed by atoms with Gasteiger partial charge in [0.05, 0.1) is 17.1 Å². The van der Waals surface area contributed by atoms with E-state index in [1.54, 1.807) is 9.13 Å². The lowest BCUT2D eigenvalue weighted by Crippen LogP contribution is -2.93. The Labute approximate surface area is 142 Å². The van der Waals surface area contributed by atoms with Crippen LogP contribution in [0.25, 0.3) is 11.0 Å². The predicted molar refractivity (Wildman–Crippen MR) is 94.6 cm³/mol. The zero-order valence-corrected chi connectivity index (χ0v) is 14.7. The van der Waals surface area contributed by atoms with Crippen molar-refractivity contribution in [3.05, 3.63) is 34.2 Å². The van der Waals surface area contributed by atoms with Gasteiger partial charge in [-0.2, -0.15) is 0 Å². The van der Waals surface area contributed by atoms with Gasteiger partial charge in [0.25, 0.3) is 0 Å². The number of nitrogens with two attached hydrogens (primary N) is 1. The molecule has 0 saturated heterocycles. The second-order valence-electron chi connectivity index (χ2n) is 8.67. The topological polar surface area (TPSA) is 43.5 Å². The average molecular weight is 326 g/mol. The zero-order chi connectivity index (χ0) is 16.4. The molecule has 6 rings (SSSR count). The van der Waals surface area contributed by atoms with Gasteiger partial charge in [0.15, 0.2) is 0 Å². The van der Waals surface area contributed by atoms with Gasteiger partial charge in [0.1, 0.15) is 6.54 Å². The fraction of sp³-hybridized carbons (Fsp3) is 0.650. The molecule has 2 N–H and O–H groups in total. The Balaban J connectivity index is 1.36. The van der Waals surface area contributed by atoms with Crippen LogP contribution in [0.5, 0.6) is 0 Å². The van der Waals surface area contributed by atoms with Crippen LogP contribution >= 0.6 is 0 Å². The van der Waals surface area contributed by atoms with Crippen molar-refractivity contribution in [2.75, 3.05) is 0 Å². The number of benzene rings is 1. The number of quaternary nitrogens is 1. The zero-order valence-electron chi connectivity index (χ0n) is 14.7. The molecule has 4 bridgehead atoms. The Hall–Kier alpha value is -1.55. The Bertz CT molecular complexity index is 818. The first-order valence-electron chi connectivity index (χ1n) is 9.58. The van der Waals surface area contributed by atoms with Crippen LogP contribution in [0.15, 0.2) is 23.0 Å². The van der Waals surface area contributed by atoms with Crippen molar-refractivity contribution in [1.29, 1.82) is 0 Å². The summed E-state index contributed by atoms with van der Waals surface area (Å²) >= 11 is 0. The van der Waals surface area contributed by atoms with Crippen molar-refractivity contribution in [1.82, 2.24) is 9.13 Å². The summed E-state index contributed by atoms with van der Waals surface area (Å²) in [5, 5.41) is 2.62. The minimum Gasteiger partial charge on any atom is -0.340 e. The van der Waals surface area contributed by atoms with E-state index in [2.05, 4.69) is 23.5 Å². The van der Waals surface area contributed by atoms with E-state index in [4.69, 9.17) is 0 Å². The summed E-state index contributed by atoms with van der Waals surface area (Å²) in [6.45, 7) is 1.05. The van der Waals surface area contributed by atoms with Gasteiger partial charge in [-0.05, 0) is 56.1 Å². The lowest BCUT2D eigenvalue weighted by molar-refractivity contribution is -0.723. The van der Waals surface area contributed by atoms with Crippen LogP contribution in [0.2, 0.25) is 0 Å². The van der Waals surface area contributed by atoms with Crippen molar-refractivity contribution in [2.45, 2.75) is 44.7 Å². The smallest absolute Gasteiger partial charge is 0.328 e. The lowest BCUT2D eigenvalue weighted by Gasteiger charge is -2.52. The molecule has 0 unspecified atom stereocenters. The van der Waals surface area contributed by atoms with E-state index in [1.165, 1.54) is 37.7 Å². The maximum absolute atomic E-state index is 12.1. The number of fused-ring (bicyclic) bond motifs is 1. The van der Waals surface area contributed by atoms with Gasteiger partial charge in [-0.25, -0.2) is 4.79 Å². The van der Waals surface area contributed by atoms with E-state index in [0.29, 0.717) is 0 Å². The van der Waals surface area contributed by atoms with Gasteiger partial charge in [-0.1, -0.05) is 6.07 Å². The fourth-order valence-electron chi connectivity index (χ4n) is 6.30.